The summed E-state index contributed by atoms with van der Waals surface area (Å²) in [5.74, 6) is -11.1. The first-order valence-corrected chi connectivity index (χ1v) is 4.85. The second-order valence-corrected chi connectivity index (χ2v) is 3.99. The molecule has 0 heterocycles. The van der Waals surface area contributed by atoms with Crippen molar-refractivity contribution in [2.24, 2.45) is 0 Å². The summed E-state index contributed by atoms with van der Waals surface area (Å²) >= 11 is 0. The molecule has 1 aromatic rings. The first-order chi connectivity index (χ1) is 8.62. The number of hydrogen-bond acceptors (Lipinski definition) is 2. The summed E-state index contributed by atoms with van der Waals surface area (Å²) in [4.78, 5) is 11.4. The van der Waals surface area contributed by atoms with Crippen LogP contribution < -0.4 is 0 Å². The summed E-state index contributed by atoms with van der Waals surface area (Å²) in [7, 11) is 0. The number of ether oxygens (including phenoxy) is 1. The van der Waals surface area contributed by atoms with E-state index in [-0.39, 0.29) is 0 Å². The second-order valence-electron chi connectivity index (χ2n) is 3.99. The van der Waals surface area contributed by atoms with Crippen molar-refractivity contribution in [3.05, 3.63) is 34.6 Å². The molecule has 1 rings (SSSR count). The maximum absolute atomic E-state index is 13.3. The van der Waals surface area contributed by atoms with Gasteiger partial charge in [-0.15, -0.1) is 6.42 Å². The van der Waals surface area contributed by atoms with Gasteiger partial charge < -0.3 is 4.74 Å². The van der Waals surface area contributed by atoms with Crippen molar-refractivity contribution < 1.29 is 31.5 Å². The summed E-state index contributed by atoms with van der Waals surface area (Å²) in [5.41, 5.74) is -3.24. The van der Waals surface area contributed by atoms with Crippen LogP contribution in [0.5, 0.6) is 0 Å². The van der Waals surface area contributed by atoms with E-state index in [0.717, 1.165) is 0 Å². The summed E-state index contributed by atoms with van der Waals surface area (Å²) in [5, 5.41) is 0. The van der Waals surface area contributed by atoms with Crippen molar-refractivity contribution in [3.63, 3.8) is 0 Å². The fourth-order valence-corrected chi connectivity index (χ4v) is 1.10. The third-order valence-corrected chi connectivity index (χ3v) is 2.11. The lowest BCUT2D eigenvalue weighted by molar-refractivity contribution is 0.0191. The highest BCUT2D eigenvalue weighted by Gasteiger charge is 2.33. The molecule has 0 N–H and O–H groups in total. The minimum atomic E-state index is -2.36. The maximum Gasteiger partial charge on any atom is 0.345 e. The van der Waals surface area contributed by atoms with E-state index in [4.69, 9.17) is 6.42 Å². The van der Waals surface area contributed by atoms with Gasteiger partial charge in [0.1, 0.15) is 5.56 Å². The number of terminal acetylenes is 1. The zero-order valence-electron chi connectivity index (χ0n) is 9.78. The Labute approximate surface area is 105 Å². The highest BCUT2D eigenvalue weighted by molar-refractivity contribution is 5.90. The Morgan fingerprint density at radius 1 is 1.00 bits per heavy atom. The molecule has 0 aliphatic carbocycles. The molecule has 19 heavy (non-hydrogen) atoms. The van der Waals surface area contributed by atoms with Crippen LogP contribution in [0, 0.1) is 41.4 Å². The molecule has 0 fully saturated rings. The number of benzene rings is 1. The lowest BCUT2D eigenvalue weighted by atomic mass is 10.1. The van der Waals surface area contributed by atoms with Gasteiger partial charge in [-0.05, 0) is 13.8 Å². The van der Waals surface area contributed by atoms with Crippen molar-refractivity contribution in [3.8, 4) is 12.3 Å². The van der Waals surface area contributed by atoms with Crippen molar-refractivity contribution in [2.45, 2.75) is 19.4 Å². The third-order valence-electron chi connectivity index (χ3n) is 2.11. The summed E-state index contributed by atoms with van der Waals surface area (Å²) < 4.78 is 69.5. The SMILES string of the molecule is C#CC(C)(C)OC(=O)c1c(F)c(F)c(F)c(F)c1F. The van der Waals surface area contributed by atoms with Crippen LogP contribution in [0.1, 0.15) is 24.2 Å². The van der Waals surface area contributed by atoms with Gasteiger partial charge in [0.15, 0.2) is 28.9 Å². The zero-order chi connectivity index (χ0) is 15.0. The molecule has 0 atom stereocenters. The molecule has 7 heteroatoms. The average Bonchev–Trinajstić information content (AvgIpc) is 2.33. The molecule has 0 unspecified atom stereocenters. The van der Waals surface area contributed by atoms with Crippen molar-refractivity contribution >= 4 is 5.97 Å². The molecule has 0 saturated heterocycles. The average molecular weight is 278 g/mol. The zero-order valence-corrected chi connectivity index (χ0v) is 9.78. The van der Waals surface area contributed by atoms with Gasteiger partial charge in [-0.1, -0.05) is 5.92 Å². The van der Waals surface area contributed by atoms with Crippen LogP contribution in [0.15, 0.2) is 0 Å². The first kappa shape index (κ1) is 15.0. The van der Waals surface area contributed by atoms with Crippen molar-refractivity contribution in [1.29, 1.82) is 0 Å². The number of halogens is 5. The molecule has 0 spiro atoms. The lowest BCUT2D eigenvalue weighted by Gasteiger charge is -2.19. The Bertz CT molecular complexity index is 558. The predicted octanol–water partition coefficient (Wildman–Crippen LogP) is 2.95. The fraction of sp³-hybridized carbons (Fsp3) is 0.250. The number of carbonyl (C=O) groups is 1. The van der Waals surface area contributed by atoms with Crippen LogP contribution in [0.25, 0.3) is 0 Å². The number of carbonyl (C=O) groups excluding carboxylic acids is 1. The van der Waals surface area contributed by atoms with Crippen molar-refractivity contribution in [1.82, 2.24) is 0 Å². The van der Waals surface area contributed by atoms with Gasteiger partial charge in [-0.25, -0.2) is 26.7 Å². The van der Waals surface area contributed by atoms with E-state index in [9.17, 15) is 26.7 Å². The van der Waals surface area contributed by atoms with Gasteiger partial charge in [0, 0.05) is 0 Å². The molecule has 2 nitrogen and oxygen atoms in total. The molecule has 0 radical (unpaired) electrons. The minimum absolute atomic E-state index is 1.21. The number of hydrogen-bond donors (Lipinski definition) is 0. The van der Waals surface area contributed by atoms with Crippen LogP contribution in [0.2, 0.25) is 0 Å². The second kappa shape index (κ2) is 4.88. The van der Waals surface area contributed by atoms with Crippen molar-refractivity contribution in [2.75, 3.05) is 0 Å². The standard InChI is InChI=1S/C12H7F5O2/c1-4-12(2,3)19-11(18)5-6(13)8(15)10(17)9(16)7(5)14/h1H,2-3H3. The molecular formula is C12H7F5O2. The minimum Gasteiger partial charge on any atom is -0.443 e. The molecule has 102 valence electrons. The third kappa shape index (κ3) is 2.67. The molecule has 1 aromatic carbocycles. The van der Waals surface area contributed by atoms with E-state index in [1.165, 1.54) is 13.8 Å². The van der Waals surface area contributed by atoms with E-state index in [0.29, 0.717) is 0 Å². The predicted molar refractivity (Wildman–Crippen MR) is 54.6 cm³/mol. The van der Waals surface area contributed by atoms with Gasteiger partial charge in [0.25, 0.3) is 0 Å². The van der Waals surface area contributed by atoms with Gasteiger partial charge in [-0.2, -0.15) is 0 Å². The van der Waals surface area contributed by atoms with Gasteiger partial charge >= 0.3 is 5.97 Å². The van der Waals surface area contributed by atoms with E-state index in [1.54, 1.807) is 0 Å². The van der Waals surface area contributed by atoms with Crippen LogP contribution in [0.4, 0.5) is 22.0 Å². The topological polar surface area (TPSA) is 26.3 Å². The van der Waals surface area contributed by atoms with E-state index >= 15 is 0 Å². The van der Waals surface area contributed by atoms with Gasteiger partial charge in [0.2, 0.25) is 5.82 Å². The first-order valence-electron chi connectivity index (χ1n) is 4.85. The quantitative estimate of drug-likeness (QED) is 0.273. The van der Waals surface area contributed by atoms with E-state index in [2.05, 4.69) is 4.74 Å². The Hall–Kier alpha value is -2.10. The Kier molecular flexibility index (Phi) is 3.84. The Morgan fingerprint density at radius 3 is 1.74 bits per heavy atom. The van der Waals surface area contributed by atoms with Gasteiger partial charge in [-0.3, -0.25) is 0 Å². The van der Waals surface area contributed by atoms with Crippen LogP contribution >= 0.6 is 0 Å². The highest BCUT2D eigenvalue weighted by Crippen LogP contribution is 2.24. The fourth-order valence-electron chi connectivity index (χ4n) is 1.10. The largest absolute Gasteiger partial charge is 0.443 e. The summed E-state index contributed by atoms with van der Waals surface area (Å²) in [6, 6.07) is 0. The Morgan fingerprint density at radius 2 is 1.37 bits per heavy atom. The van der Waals surface area contributed by atoms with E-state index in [1.807, 2.05) is 5.92 Å². The molecular weight excluding hydrogens is 271 g/mol. The lowest BCUT2D eigenvalue weighted by Crippen LogP contribution is -2.27. The maximum atomic E-state index is 13.3. The molecule has 0 bridgehead atoms. The molecule has 0 amide bonds. The van der Waals surface area contributed by atoms with Crippen LogP contribution in [-0.4, -0.2) is 11.6 Å². The summed E-state index contributed by atoms with van der Waals surface area (Å²) in [6.07, 6.45) is 4.97. The number of rotatable bonds is 2. The normalized spacial score (nSPS) is 11.1. The monoisotopic (exact) mass is 278 g/mol. The molecule has 0 saturated carbocycles. The molecule has 0 aromatic heterocycles. The van der Waals surface area contributed by atoms with E-state index < -0.39 is 46.2 Å². The van der Waals surface area contributed by atoms with Gasteiger partial charge in [0.05, 0.1) is 0 Å². The molecule has 0 aliphatic rings. The summed E-state index contributed by atoms with van der Waals surface area (Å²) in [6.45, 7) is 2.41. The molecule has 0 aliphatic heterocycles. The van der Waals surface area contributed by atoms with Crippen LogP contribution in [0.3, 0.4) is 0 Å². The highest BCUT2D eigenvalue weighted by atomic mass is 19.2. The smallest absolute Gasteiger partial charge is 0.345 e. The number of esters is 1. The Balaban J connectivity index is 3.38. The van der Waals surface area contributed by atoms with Crippen LogP contribution in [-0.2, 0) is 4.74 Å².